The molecule has 0 aliphatic carbocycles. The molecule has 6 heteroatoms. The van der Waals surface area contributed by atoms with Gasteiger partial charge in [-0.25, -0.2) is 0 Å². The van der Waals surface area contributed by atoms with Crippen LogP contribution in [0.2, 0.25) is 0 Å². The molecule has 1 heterocycles. The van der Waals surface area contributed by atoms with Crippen LogP contribution in [0.15, 0.2) is 0 Å². The van der Waals surface area contributed by atoms with Crippen molar-refractivity contribution in [2.45, 2.75) is 70.1 Å². The molecule has 1 aliphatic heterocycles. The van der Waals surface area contributed by atoms with Gasteiger partial charge in [0.1, 0.15) is 0 Å². The van der Waals surface area contributed by atoms with E-state index in [-0.39, 0.29) is 19.0 Å². The van der Waals surface area contributed by atoms with Crippen molar-refractivity contribution in [1.82, 2.24) is 4.90 Å². The number of halogens is 3. The van der Waals surface area contributed by atoms with Crippen LogP contribution in [0, 0.1) is 0 Å². The molecule has 0 aromatic carbocycles. The van der Waals surface area contributed by atoms with E-state index in [2.05, 4.69) is 6.92 Å². The van der Waals surface area contributed by atoms with Crippen LogP contribution >= 0.6 is 0 Å². The lowest BCUT2D eigenvalue weighted by atomic mass is 9.90. The number of hydrogen-bond donors (Lipinski definition) is 1. The highest BCUT2D eigenvalue weighted by Crippen LogP contribution is 2.38. The minimum absolute atomic E-state index is 0.0101. The molecular weight excluding hydrogens is 271 g/mol. The number of nitrogens with zero attached hydrogens (tertiary/aromatic N) is 1. The van der Waals surface area contributed by atoms with Gasteiger partial charge in [0.25, 0.3) is 0 Å². The first-order valence-electron chi connectivity index (χ1n) is 7.37. The number of piperidine rings is 1. The van der Waals surface area contributed by atoms with Gasteiger partial charge in [0.15, 0.2) is 5.60 Å². The van der Waals surface area contributed by atoms with Crippen molar-refractivity contribution in [3.63, 3.8) is 0 Å². The van der Waals surface area contributed by atoms with E-state index >= 15 is 0 Å². The number of carbonyl (C=O) groups is 1. The van der Waals surface area contributed by atoms with Crippen molar-refractivity contribution in [3.8, 4) is 0 Å². The van der Waals surface area contributed by atoms with Gasteiger partial charge >= 0.3 is 6.18 Å². The summed E-state index contributed by atoms with van der Waals surface area (Å²) in [6, 6.07) is 0. The van der Waals surface area contributed by atoms with Gasteiger partial charge in [-0.2, -0.15) is 13.2 Å². The van der Waals surface area contributed by atoms with Gasteiger partial charge in [-0.3, -0.25) is 4.79 Å². The van der Waals surface area contributed by atoms with E-state index in [0.717, 1.165) is 32.1 Å². The minimum atomic E-state index is -4.61. The quantitative estimate of drug-likeness (QED) is 0.764. The maximum atomic E-state index is 12.6. The van der Waals surface area contributed by atoms with Crippen molar-refractivity contribution in [1.29, 1.82) is 0 Å². The molecule has 0 saturated carbocycles. The first-order valence-corrected chi connectivity index (χ1v) is 7.37. The van der Waals surface area contributed by atoms with E-state index in [0.29, 0.717) is 6.42 Å². The Hall–Kier alpha value is -0.780. The number of amides is 1. The number of alkyl halides is 3. The van der Waals surface area contributed by atoms with Crippen molar-refractivity contribution in [2.75, 3.05) is 13.1 Å². The summed E-state index contributed by atoms with van der Waals surface area (Å²) in [4.78, 5) is 13.3. The van der Waals surface area contributed by atoms with Crippen LogP contribution in [0.5, 0.6) is 0 Å². The molecule has 1 fully saturated rings. The van der Waals surface area contributed by atoms with Crippen LogP contribution < -0.4 is 0 Å². The molecule has 1 aliphatic rings. The van der Waals surface area contributed by atoms with Crippen LogP contribution in [0.3, 0.4) is 0 Å². The molecule has 1 amide bonds. The van der Waals surface area contributed by atoms with Crippen molar-refractivity contribution >= 4 is 5.91 Å². The first-order chi connectivity index (χ1) is 9.30. The summed E-state index contributed by atoms with van der Waals surface area (Å²) >= 11 is 0. The molecule has 1 N–H and O–H groups in total. The van der Waals surface area contributed by atoms with Gasteiger partial charge in [0.05, 0.1) is 0 Å². The van der Waals surface area contributed by atoms with Crippen LogP contribution in [-0.4, -0.2) is 40.8 Å². The molecule has 3 nitrogen and oxygen atoms in total. The topological polar surface area (TPSA) is 40.5 Å². The molecule has 0 aromatic rings. The molecule has 118 valence electrons. The third-order valence-corrected chi connectivity index (χ3v) is 3.97. The van der Waals surface area contributed by atoms with Crippen LogP contribution in [0.25, 0.3) is 0 Å². The van der Waals surface area contributed by atoms with Crippen LogP contribution in [-0.2, 0) is 4.79 Å². The third-order valence-electron chi connectivity index (χ3n) is 3.97. The molecule has 0 aromatic heterocycles. The second kappa shape index (κ2) is 7.29. The Balaban J connectivity index is 2.29. The second-order valence-electron chi connectivity index (χ2n) is 5.57. The number of carbonyl (C=O) groups excluding carboxylic acids is 1. The molecule has 0 spiro atoms. The Labute approximate surface area is 118 Å². The Morgan fingerprint density at radius 2 is 1.70 bits per heavy atom. The van der Waals surface area contributed by atoms with Gasteiger partial charge in [-0.05, 0) is 6.42 Å². The van der Waals surface area contributed by atoms with Crippen molar-refractivity contribution in [3.05, 3.63) is 0 Å². The Morgan fingerprint density at radius 3 is 2.20 bits per heavy atom. The predicted octanol–water partition coefficient (Wildman–Crippen LogP) is 3.26. The van der Waals surface area contributed by atoms with E-state index in [4.69, 9.17) is 0 Å². The largest absolute Gasteiger partial charge is 0.417 e. The average Bonchev–Trinajstić information content (AvgIpc) is 2.38. The monoisotopic (exact) mass is 295 g/mol. The minimum Gasteiger partial charge on any atom is -0.380 e. The van der Waals surface area contributed by atoms with Crippen molar-refractivity contribution < 1.29 is 23.1 Å². The summed E-state index contributed by atoms with van der Waals surface area (Å²) in [6.07, 6.45) is 0.107. The maximum absolute atomic E-state index is 12.6. The van der Waals surface area contributed by atoms with Crippen LogP contribution in [0.4, 0.5) is 13.2 Å². The number of rotatable bonds is 6. The van der Waals surface area contributed by atoms with Gasteiger partial charge in [0.2, 0.25) is 5.91 Å². The zero-order valence-corrected chi connectivity index (χ0v) is 12.0. The number of aliphatic hydroxyl groups is 1. The van der Waals surface area contributed by atoms with Crippen molar-refractivity contribution in [2.24, 2.45) is 0 Å². The Morgan fingerprint density at radius 1 is 1.15 bits per heavy atom. The normalized spacial score (nSPS) is 19.1. The zero-order valence-electron chi connectivity index (χ0n) is 12.0. The van der Waals surface area contributed by atoms with Gasteiger partial charge < -0.3 is 10.0 Å². The van der Waals surface area contributed by atoms with Gasteiger partial charge in [0, 0.05) is 32.4 Å². The summed E-state index contributed by atoms with van der Waals surface area (Å²) in [5, 5.41) is 9.52. The first kappa shape index (κ1) is 17.3. The van der Waals surface area contributed by atoms with E-state index in [9.17, 15) is 23.1 Å². The molecule has 1 saturated heterocycles. The fourth-order valence-electron chi connectivity index (χ4n) is 2.45. The zero-order chi connectivity index (χ0) is 15.2. The lowest BCUT2D eigenvalue weighted by Gasteiger charge is -2.39. The summed E-state index contributed by atoms with van der Waals surface area (Å²) in [6.45, 7) is 2.09. The van der Waals surface area contributed by atoms with E-state index in [1.807, 2.05) is 0 Å². The number of hydrogen-bond acceptors (Lipinski definition) is 2. The lowest BCUT2D eigenvalue weighted by Crippen LogP contribution is -2.54. The fraction of sp³-hybridized carbons (Fsp3) is 0.929. The molecule has 20 heavy (non-hydrogen) atoms. The van der Waals surface area contributed by atoms with E-state index in [1.165, 1.54) is 4.90 Å². The second-order valence-corrected chi connectivity index (χ2v) is 5.57. The molecule has 0 bridgehead atoms. The maximum Gasteiger partial charge on any atom is 0.417 e. The highest BCUT2D eigenvalue weighted by molar-refractivity contribution is 5.76. The van der Waals surface area contributed by atoms with Gasteiger partial charge in [-0.15, -0.1) is 0 Å². The molecule has 0 unspecified atom stereocenters. The van der Waals surface area contributed by atoms with E-state index < -0.39 is 24.6 Å². The summed E-state index contributed by atoms with van der Waals surface area (Å²) in [7, 11) is 0. The molecular formula is C14H24F3NO2. The van der Waals surface area contributed by atoms with Crippen LogP contribution in [0.1, 0.15) is 58.3 Å². The lowest BCUT2D eigenvalue weighted by molar-refractivity contribution is -0.272. The standard InChI is InChI=1S/C14H24F3NO2/c1-2-3-4-5-6-7-12(19)18-10-8-13(20,9-11-18)14(15,16)17/h20H,2-11H2,1H3. The highest BCUT2D eigenvalue weighted by Gasteiger charge is 2.54. The average molecular weight is 295 g/mol. The number of likely N-dealkylation sites (tertiary alicyclic amines) is 1. The third kappa shape index (κ3) is 4.65. The van der Waals surface area contributed by atoms with E-state index in [1.54, 1.807) is 0 Å². The molecule has 0 atom stereocenters. The summed E-state index contributed by atoms with van der Waals surface area (Å²) < 4.78 is 37.9. The molecule has 0 radical (unpaired) electrons. The summed E-state index contributed by atoms with van der Waals surface area (Å²) in [5.74, 6) is -0.0919. The fourth-order valence-corrected chi connectivity index (χ4v) is 2.45. The molecule has 1 rings (SSSR count). The summed E-state index contributed by atoms with van der Waals surface area (Å²) in [5.41, 5.74) is -2.62. The Kier molecular flexibility index (Phi) is 6.30. The highest BCUT2D eigenvalue weighted by atomic mass is 19.4. The number of unbranched alkanes of at least 4 members (excludes halogenated alkanes) is 4. The smallest absolute Gasteiger partial charge is 0.380 e. The predicted molar refractivity (Wildman–Crippen MR) is 70.2 cm³/mol. The van der Waals surface area contributed by atoms with Gasteiger partial charge in [-0.1, -0.05) is 32.6 Å². The Bertz CT molecular complexity index is 310. The SMILES string of the molecule is CCCCCCCC(=O)N1CCC(O)(C(F)(F)F)CC1.